The summed E-state index contributed by atoms with van der Waals surface area (Å²) >= 11 is 1.52. The first-order valence-corrected chi connectivity index (χ1v) is 7.38. The second-order valence-electron chi connectivity index (χ2n) is 4.38. The summed E-state index contributed by atoms with van der Waals surface area (Å²) in [6.45, 7) is 0.919. The van der Waals surface area contributed by atoms with E-state index in [9.17, 15) is 5.11 Å². The molecule has 0 saturated carbocycles. The Kier molecular flexibility index (Phi) is 5.33. The van der Waals surface area contributed by atoms with Gasteiger partial charge in [0.2, 0.25) is 0 Å². The van der Waals surface area contributed by atoms with E-state index in [1.807, 2.05) is 18.2 Å². The van der Waals surface area contributed by atoms with Crippen molar-refractivity contribution in [1.82, 2.24) is 0 Å². The van der Waals surface area contributed by atoms with Crippen molar-refractivity contribution in [1.29, 1.82) is 0 Å². The second kappa shape index (κ2) is 7.00. The van der Waals surface area contributed by atoms with Crippen molar-refractivity contribution in [3.63, 3.8) is 0 Å². The van der Waals surface area contributed by atoms with Gasteiger partial charge in [-0.15, -0.1) is 0 Å². The molecule has 4 N–H and O–H groups in total. The lowest BCUT2D eigenvalue weighted by molar-refractivity contribution is 0.113. The predicted molar refractivity (Wildman–Crippen MR) is 74.8 cm³/mol. The van der Waals surface area contributed by atoms with Crippen LogP contribution in [0.2, 0.25) is 0 Å². The summed E-state index contributed by atoms with van der Waals surface area (Å²) in [5.74, 6) is 2.65. The zero-order valence-corrected chi connectivity index (χ0v) is 11.4. The van der Waals surface area contributed by atoms with E-state index in [0.717, 1.165) is 17.1 Å². The molecule has 2 atom stereocenters. The first-order chi connectivity index (χ1) is 9.20. The molecule has 1 aromatic rings. The summed E-state index contributed by atoms with van der Waals surface area (Å²) < 4.78 is 11.0. The average molecular weight is 285 g/mol. The van der Waals surface area contributed by atoms with Gasteiger partial charge in [0.05, 0.1) is 12.7 Å². The molecule has 1 heterocycles. The van der Waals surface area contributed by atoms with Gasteiger partial charge < -0.3 is 25.4 Å². The van der Waals surface area contributed by atoms with E-state index >= 15 is 0 Å². The standard InChI is InChI=1S/C13H19NO4S/c14-11(8-19-7-10(16)6-15)9-1-2-12-13(5-9)18-4-3-17-12/h1-2,5,10-11,15-16H,3-4,6-8,14H2. The van der Waals surface area contributed by atoms with Gasteiger partial charge >= 0.3 is 0 Å². The Bertz CT molecular complexity index is 416. The van der Waals surface area contributed by atoms with Gasteiger partial charge in [0.15, 0.2) is 11.5 Å². The molecule has 0 spiro atoms. The molecule has 0 aromatic heterocycles. The SMILES string of the molecule is NC(CSCC(O)CO)c1ccc2c(c1)OCCO2. The molecule has 5 nitrogen and oxygen atoms in total. The zero-order valence-electron chi connectivity index (χ0n) is 10.6. The number of aliphatic hydroxyl groups excluding tert-OH is 2. The predicted octanol–water partition coefficient (Wildman–Crippen LogP) is 0.544. The molecule has 1 aliphatic rings. The molecule has 1 aromatic carbocycles. The van der Waals surface area contributed by atoms with Gasteiger partial charge in [-0.2, -0.15) is 11.8 Å². The Morgan fingerprint density at radius 1 is 1.21 bits per heavy atom. The van der Waals surface area contributed by atoms with Gasteiger partial charge in [0.25, 0.3) is 0 Å². The Morgan fingerprint density at radius 3 is 2.68 bits per heavy atom. The third kappa shape index (κ3) is 4.01. The summed E-state index contributed by atoms with van der Waals surface area (Å²) in [6.07, 6.45) is -0.683. The second-order valence-corrected chi connectivity index (χ2v) is 5.46. The van der Waals surface area contributed by atoms with Gasteiger partial charge in [-0.05, 0) is 17.7 Å². The number of thioether (sulfide) groups is 1. The number of benzene rings is 1. The highest BCUT2D eigenvalue weighted by atomic mass is 32.2. The lowest BCUT2D eigenvalue weighted by Crippen LogP contribution is -2.19. The maximum Gasteiger partial charge on any atom is 0.161 e. The Morgan fingerprint density at radius 2 is 1.95 bits per heavy atom. The van der Waals surface area contributed by atoms with E-state index in [4.69, 9.17) is 20.3 Å². The smallest absolute Gasteiger partial charge is 0.161 e. The van der Waals surface area contributed by atoms with Crippen molar-refractivity contribution >= 4 is 11.8 Å². The van der Waals surface area contributed by atoms with E-state index in [2.05, 4.69) is 0 Å². The lowest BCUT2D eigenvalue weighted by atomic mass is 10.1. The largest absolute Gasteiger partial charge is 0.486 e. The quantitative estimate of drug-likeness (QED) is 0.707. The van der Waals surface area contributed by atoms with Gasteiger partial charge in [-0.1, -0.05) is 6.07 Å². The van der Waals surface area contributed by atoms with E-state index in [-0.39, 0.29) is 12.6 Å². The van der Waals surface area contributed by atoms with E-state index < -0.39 is 6.10 Å². The van der Waals surface area contributed by atoms with Crippen molar-refractivity contribution in [2.45, 2.75) is 12.1 Å². The normalized spacial score (nSPS) is 17.0. The molecule has 1 aliphatic heterocycles. The van der Waals surface area contributed by atoms with Crippen molar-refractivity contribution in [2.24, 2.45) is 5.73 Å². The molecule has 0 amide bonds. The maximum absolute atomic E-state index is 9.25. The molecule has 0 radical (unpaired) electrons. The molecule has 0 saturated heterocycles. The highest BCUT2D eigenvalue weighted by Crippen LogP contribution is 2.32. The van der Waals surface area contributed by atoms with Crippen LogP contribution in [0.15, 0.2) is 18.2 Å². The molecule has 19 heavy (non-hydrogen) atoms. The average Bonchev–Trinajstić information content (AvgIpc) is 2.46. The molecular weight excluding hydrogens is 266 g/mol. The third-order valence-corrected chi connectivity index (χ3v) is 4.03. The minimum Gasteiger partial charge on any atom is -0.486 e. The van der Waals surface area contributed by atoms with Crippen LogP contribution < -0.4 is 15.2 Å². The summed E-state index contributed by atoms with van der Waals surface area (Å²) in [6, 6.07) is 5.58. The Labute approximate surface area is 116 Å². The minimum atomic E-state index is -0.683. The molecule has 0 aliphatic carbocycles. The van der Waals surface area contributed by atoms with Crippen LogP contribution in [0, 0.1) is 0 Å². The van der Waals surface area contributed by atoms with Gasteiger partial charge in [0.1, 0.15) is 13.2 Å². The molecule has 6 heteroatoms. The zero-order chi connectivity index (χ0) is 13.7. The van der Waals surface area contributed by atoms with Crippen molar-refractivity contribution in [2.75, 3.05) is 31.3 Å². The highest BCUT2D eigenvalue weighted by Gasteiger charge is 2.15. The molecule has 2 rings (SSSR count). The summed E-state index contributed by atoms with van der Waals surface area (Å²) in [5, 5.41) is 18.0. The number of nitrogens with two attached hydrogens (primary N) is 1. The van der Waals surface area contributed by atoms with Crippen molar-refractivity contribution in [3.8, 4) is 11.5 Å². The fourth-order valence-electron chi connectivity index (χ4n) is 1.77. The molecule has 0 bridgehead atoms. The fraction of sp³-hybridized carbons (Fsp3) is 0.538. The van der Waals surface area contributed by atoms with Gasteiger partial charge in [-0.3, -0.25) is 0 Å². The Balaban J connectivity index is 1.90. The minimum absolute atomic E-state index is 0.133. The summed E-state index contributed by atoms with van der Waals surface area (Å²) in [4.78, 5) is 0. The van der Waals surface area contributed by atoms with Crippen LogP contribution in [0.1, 0.15) is 11.6 Å². The molecule has 0 fully saturated rings. The number of hydrogen-bond donors (Lipinski definition) is 3. The molecular formula is C13H19NO4S. The van der Waals surface area contributed by atoms with Crippen molar-refractivity contribution in [3.05, 3.63) is 23.8 Å². The van der Waals surface area contributed by atoms with Crippen LogP contribution in [-0.2, 0) is 0 Å². The number of rotatable bonds is 6. The highest BCUT2D eigenvalue weighted by molar-refractivity contribution is 7.99. The number of hydrogen-bond acceptors (Lipinski definition) is 6. The Hall–Kier alpha value is -0.950. The first kappa shape index (κ1) is 14.5. The van der Waals surface area contributed by atoms with E-state index in [1.54, 1.807) is 0 Å². The van der Waals surface area contributed by atoms with Crippen LogP contribution >= 0.6 is 11.8 Å². The fourth-order valence-corrected chi connectivity index (χ4v) is 2.73. The van der Waals surface area contributed by atoms with Crippen LogP contribution in [0.25, 0.3) is 0 Å². The van der Waals surface area contributed by atoms with Crippen molar-refractivity contribution < 1.29 is 19.7 Å². The topological polar surface area (TPSA) is 84.9 Å². The first-order valence-electron chi connectivity index (χ1n) is 6.22. The van der Waals surface area contributed by atoms with E-state index in [0.29, 0.717) is 24.7 Å². The van der Waals surface area contributed by atoms with Gasteiger partial charge in [0, 0.05) is 17.5 Å². The lowest BCUT2D eigenvalue weighted by Gasteiger charge is -2.20. The number of aliphatic hydroxyl groups is 2. The maximum atomic E-state index is 9.25. The van der Waals surface area contributed by atoms with Crippen LogP contribution in [0.5, 0.6) is 11.5 Å². The monoisotopic (exact) mass is 285 g/mol. The van der Waals surface area contributed by atoms with Crippen LogP contribution in [-0.4, -0.2) is 47.6 Å². The van der Waals surface area contributed by atoms with Crippen LogP contribution in [0.4, 0.5) is 0 Å². The van der Waals surface area contributed by atoms with Crippen LogP contribution in [0.3, 0.4) is 0 Å². The van der Waals surface area contributed by atoms with Gasteiger partial charge in [-0.25, -0.2) is 0 Å². The van der Waals surface area contributed by atoms with E-state index in [1.165, 1.54) is 11.8 Å². The number of ether oxygens (including phenoxy) is 2. The molecule has 106 valence electrons. The molecule has 2 unspecified atom stereocenters. The number of fused-ring (bicyclic) bond motifs is 1. The third-order valence-electron chi connectivity index (χ3n) is 2.81. The summed E-state index contributed by atoms with van der Waals surface area (Å²) in [7, 11) is 0. The summed E-state index contributed by atoms with van der Waals surface area (Å²) in [5.41, 5.74) is 7.08.